The molecule has 2 rings (SSSR count). The van der Waals surface area contributed by atoms with E-state index in [0.717, 1.165) is 3.79 Å². The molecular weight excluding hydrogens is 294 g/mol. The number of nitrogens with zero attached hydrogens (tertiary/aromatic N) is 1. The van der Waals surface area contributed by atoms with Crippen LogP contribution >= 0.6 is 27.3 Å². The molecule has 16 heavy (non-hydrogen) atoms. The fourth-order valence-corrected chi connectivity index (χ4v) is 2.59. The minimum atomic E-state index is -0.152. The summed E-state index contributed by atoms with van der Waals surface area (Å²) in [5.74, 6) is -0.219. The van der Waals surface area contributed by atoms with Crippen molar-refractivity contribution in [2.45, 2.75) is 12.8 Å². The van der Waals surface area contributed by atoms with Gasteiger partial charge in [-0.2, -0.15) is 0 Å². The van der Waals surface area contributed by atoms with Gasteiger partial charge in [0.1, 0.15) is 0 Å². The molecule has 2 heterocycles. The third kappa shape index (κ3) is 2.79. The number of hydrogen-bond acceptors (Lipinski definition) is 4. The zero-order valence-electron chi connectivity index (χ0n) is 8.33. The second-order valence-corrected chi connectivity index (χ2v) is 5.91. The Morgan fingerprint density at radius 1 is 1.69 bits per heavy atom. The molecule has 7 heteroatoms. The summed E-state index contributed by atoms with van der Waals surface area (Å²) in [4.78, 5) is 26.7. The molecule has 0 spiro atoms. The van der Waals surface area contributed by atoms with Gasteiger partial charge in [0, 0.05) is 13.0 Å². The lowest BCUT2D eigenvalue weighted by Crippen LogP contribution is -2.40. The van der Waals surface area contributed by atoms with E-state index in [1.54, 1.807) is 6.20 Å². The molecule has 1 unspecified atom stereocenters. The number of hydrogen-bond donors (Lipinski definition) is 2. The van der Waals surface area contributed by atoms with Crippen LogP contribution in [-0.4, -0.2) is 23.3 Å². The smallest absolute Gasteiger partial charge is 0.231 e. The zero-order chi connectivity index (χ0) is 11.5. The fraction of sp³-hybridized carbons (Fsp3) is 0.444. The molecule has 2 N–H and O–H groups in total. The maximum Gasteiger partial charge on any atom is 0.231 e. The van der Waals surface area contributed by atoms with Crippen molar-refractivity contribution >= 4 is 44.2 Å². The highest BCUT2D eigenvalue weighted by Crippen LogP contribution is 2.24. The molecule has 1 saturated heterocycles. The van der Waals surface area contributed by atoms with Crippen molar-refractivity contribution < 1.29 is 9.59 Å². The summed E-state index contributed by atoms with van der Waals surface area (Å²) in [5, 5.41) is 5.99. The molecule has 0 saturated carbocycles. The molecule has 1 aliphatic heterocycles. The molecule has 0 radical (unpaired) electrons. The van der Waals surface area contributed by atoms with Gasteiger partial charge in [0.05, 0.1) is 15.9 Å². The van der Waals surface area contributed by atoms with Gasteiger partial charge >= 0.3 is 0 Å². The molecule has 1 aromatic rings. The Labute approximate surface area is 105 Å². The predicted octanol–water partition coefficient (Wildman–Crippen LogP) is 1.37. The van der Waals surface area contributed by atoms with E-state index in [-0.39, 0.29) is 17.7 Å². The molecule has 1 fully saturated rings. The van der Waals surface area contributed by atoms with E-state index in [1.807, 2.05) is 0 Å². The summed E-state index contributed by atoms with van der Waals surface area (Å²) in [6, 6.07) is 0. The number of piperidine rings is 1. The van der Waals surface area contributed by atoms with E-state index in [2.05, 4.69) is 31.5 Å². The van der Waals surface area contributed by atoms with Gasteiger partial charge in [0.2, 0.25) is 11.8 Å². The Hall–Kier alpha value is -0.950. The number of rotatable bonds is 2. The summed E-state index contributed by atoms with van der Waals surface area (Å²) < 4.78 is 0.875. The van der Waals surface area contributed by atoms with Crippen LogP contribution in [-0.2, 0) is 9.59 Å². The van der Waals surface area contributed by atoms with Crippen LogP contribution in [0.3, 0.4) is 0 Å². The molecule has 1 atom stereocenters. The third-order valence-electron chi connectivity index (χ3n) is 2.34. The first-order valence-electron chi connectivity index (χ1n) is 4.84. The Balaban J connectivity index is 1.91. The Bertz CT molecular complexity index is 411. The van der Waals surface area contributed by atoms with Gasteiger partial charge in [-0.3, -0.25) is 9.59 Å². The summed E-state index contributed by atoms with van der Waals surface area (Å²) >= 11 is 4.64. The monoisotopic (exact) mass is 303 g/mol. The Morgan fingerprint density at radius 2 is 2.50 bits per heavy atom. The molecular formula is C9H10BrN3O2S. The molecule has 1 aromatic heterocycles. The van der Waals surface area contributed by atoms with Gasteiger partial charge in [-0.1, -0.05) is 11.3 Å². The predicted molar refractivity (Wildman–Crippen MR) is 64.2 cm³/mol. The van der Waals surface area contributed by atoms with Crippen molar-refractivity contribution in [1.82, 2.24) is 10.3 Å². The molecule has 5 nitrogen and oxygen atoms in total. The van der Waals surface area contributed by atoms with E-state index in [1.165, 1.54) is 11.3 Å². The molecule has 0 aromatic carbocycles. The molecule has 0 aliphatic carbocycles. The number of carbonyl (C=O) groups is 2. The lowest BCUT2D eigenvalue weighted by Gasteiger charge is -2.20. The van der Waals surface area contributed by atoms with Gasteiger partial charge in [0.25, 0.3) is 0 Å². The summed E-state index contributed by atoms with van der Waals surface area (Å²) in [5.41, 5.74) is 0. The van der Waals surface area contributed by atoms with Crippen LogP contribution in [0.15, 0.2) is 9.98 Å². The average Bonchev–Trinajstić information content (AvgIpc) is 2.65. The largest absolute Gasteiger partial charge is 0.355 e. The maximum atomic E-state index is 11.8. The highest BCUT2D eigenvalue weighted by Gasteiger charge is 2.24. The van der Waals surface area contributed by atoms with Crippen LogP contribution < -0.4 is 10.6 Å². The van der Waals surface area contributed by atoms with Gasteiger partial charge < -0.3 is 10.6 Å². The van der Waals surface area contributed by atoms with Crippen molar-refractivity contribution in [3.8, 4) is 0 Å². The number of halogens is 1. The highest BCUT2D eigenvalue weighted by molar-refractivity contribution is 9.11. The molecule has 1 aliphatic rings. The number of thiazole rings is 1. The normalized spacial score (nSPS) is 20.3. The number of nitrogens with one attached hydrogen (secondary N) is 2. The van der Waals surface area contributed by atoms with Gasteiger partial charge in [-0.15, -0.1) is 0 Å². The molecule has 0 bridgehead atoms. The standard InChI is InChI=1S/C9H10BrN3O2S/c10-6-4-12-9(16-6)13-8(15)5-1-2-7(14)11-3-5/h4-5H,1-3H2,(H,11,14)(H,12,13,15). The minimum Gasteiger partial charge on any atom is -0.355 e. The second kappa shape index (κ2) is 4.92. The van der Waals surface area contributed by atoms with E-state index in [4.69, 9.17) is 0 Å². The van der Waals surface area contributed by atoms with E-state index >= 15 is 0 Å². The van der Waals surface area contributed by atoms with Crippen LogP contribution in [0.25, 0.3) is 0 Å². The van der Waals surface area contributed by atoms with E-state index in [9.17, 15) is 9.59 Å². The SMILES string of the molecule is O=C1CCC(C(=O)Nc2ncc(Br)s2)CN1. The summed E-state index contributed by atoms with van der Waals surface area (Å²) in [6.45, 7) is 0.414. The van der Waals surface area contributed by atoms with Crippen LogP contribution in [0.1, 0.15) is 12.8 Å². The second-order valence-electron chi connectivity index (χ2n) is 3.50. The number of aromatic nitrogens is 1. The van der Waals surface area contributed by atoms with Gasteiger partial charge in [-0.05, 0) is 22.4 Å². The van der Waals surface area contributed by atoms with Crippen molar-refractivity contribution in [2.24, 2.45) is 5.92 Å². The van der Waals surface area contributed by atoms with E-state index < -0.39 is 0 Å². The van der Waals surface area contributed by atoms with Crippen LogP contribution in [0, 0.1) is 5.92 Å². The topological polar surface area (TPSA) is 71.1 Å². The quantitative estimate of drug-likeness (QED) is 0.867. The Kier molecular flexibility index (Phi) is 3.55. The summed E-state index contributed by atoms with van der Waals surface area (Å²) in [6.07, 6.45) is 2.66. The molecule has 86 valence electrons. The van der Waals surface area contributed by atoms with Crippen molar-refractivity contribution in [1.29, 1.82) is 0 Å². The average molecular weight is 304 g/mol. The zero-order valence-corrected chi connectivity index (χ0v) is 10.7. The van der Waals surface area contributed by atoms with Crippen molar-refractivity contribution in [2.75, 3.05) is 11.9 Å². The Morgan fingerprint density at radius 3 is 3.06 bits per heavy atom. The highest BCUT2D eigenvalue weighted by atomic mass is 79.9. The number of carbonyl (C=O) groups excluding carboxylic acids is 2. The number of anilines is 1. The maximum absolute atomic E-state index is 11.8. The fourth-order valence-electron chi connectivity index (χ4n) is 1.48. The van der Waals surface area contributed by atoms with Crippen molar-refractivity contribution in [3.05, 3.63) is 9.98 Å². The first kappa shape index (κ1) is 11.5. The lowest BCUT2D eigenvalue weighted by atomic mass is 9.98. The van der Waals surface area contributed by atoms with Crippen LogP contribution in [0.4, 0.5) is 5.13 Å². The van der Waals surface area contributed by atoms with E-state index in [0.29, 0.717) is 24.5 Å². The first-order valence-corrected chi connectivity index (χ1v) is 6.45. The third-order valence-corrected chi connectivity index (χ3v) is 3.74. The van der Waals surface area contributed by atoms with Gasteiger partial charge in [0.15, 0.2) is 5.13 Å². The number of amides is 2. The lowest BCUT2D eigenvalue weighted by molar-refractivity contribution is -0.126. The van der Waals surface area contributed by atoms with Crippen LogP contribution in [0.2, 0.25) is 0 Å². The van der Waals surface area contributed by atoms with Crippen LogP contribution in [0.5, 0.6) is 0 Å². The first-order chi connectivity index (χ1) is 7.65. The molecule has 2 amide bonds. The minimum absolute atomic E-state index is 0.0149. The van der Waals surface area contributed by atoms with Gasteiger partial charge in [-0.25, -0.2) is 4.98 Å². The summed E-state index contributed by atoms with van der Waals surface area (Å²) in [7, 11) is 0. The van der Waals surface area contributed by atoms with Crippen molar-refractivity contribution in [3.63, 3.8) is 0 Å².